The summed E-state index contributed by atoms with van der Waals surface area (Å²) in [6.45, 7) is 2.83. The summed E-state index contributed by atoms with van der Waals surface area (Å²) in [5, 5.41) is 0. The third-order valence-corrected chi connectivity index (χ3v) is 2.50. The highest BCUT2D eigenvalue weighted by atomic mass is 14.8. The summed E-state index contributed by atoms with van der Waals surface area (Å²) in [7, 11) is 0. The molecule has 0 aliphatic heterocycles. The van der Waals surface area contributed by atoms with Crippen molar-refractivity contribution >= 4 is 11.0 Å². The van der Waals surface area contributed by atoms with Crippen molar-refractivity contribution < 1.29 is 0 Å². The SMILES string of the molecule is Cc1[nH]c2cccnc2c1CCCN. The molecule has 3 heteroatoms. The van der Waals surface area contributed by atoms with E-state index in [-0.39, 0.29) is 0 Å². The molecule has 0 aliphatic rings. The van der Waals surface area contributed by atoms with Crippen LogP contribution in [0.1, 0.15) is 17.7 Å². The Balaban J connectivity index is 2.45. The van der Waals surface area contributed by atoms with Gasteiger partial charge in [0.05, 0.1) is 11.0 Å². The van der Waals surface area contributed by atoms with Crippen LogP contribution in [0.4, 0.5) is 0 Å². The Hall–Kier alpha value is -1.35. The van der Waals surface area contributed by atoms with E-state index in [1.807, 2.05) is 12.3 Å². The number of H-pyrrole nitrogens is 1. The highest BCUT2D eigenvalue weighted by molar-refractivity contribution is 5.80. The van der Waals surface area contributed by atoms with Gasteiger partial charge in [-0.1, -0.05) is 0 Å². The number of aromatic nitrogens is 2. The van der Waals surface area contributed by atoms with E-state index in [9.17, 15) is 0 Å². The van der Waals surface area contributed by atoms with Crippen LogP contribution in [-0.2, 0) is 6.42 Å². The Morgan fingerprint density at radius 1 is 1.50 bits per heavy atom. The second-order valence-electron chi connectivity index (χ2n) is 3.52. The largest absolute Gasteiger partial charge is 0.357 e. The Morgan fingerprint density at radius 2 is 2.36 bits per heavy atom. The highest BCUT2D eigenvalue weighted by Crippen LogP contribution is 2.20. The number of pyridine rings is 1. The molecule has 2 rings (SSSR count). The number of rotatable bonds is 3. The minimum absolute atomic E-state index is 0.735. The smallest absolute Gasteiger partial charge is 0.0913 e. The van der Waals surface area contributed by atoms with Crippen molar-refractivity contribution in [1.82, 2.24) is 9.97 Å². The predicted molar refractivity (Wildman–Crippen MR) is 58.2 cm³/mol. The number of fused-ring (bicyclic) bond motifs is 1. The molecule has 0 amide bonds. The zero-order chi connectivity index (χ0) is 9.97. The van der Waals surface area contributed by atoms with E-state index >= 15 is 0 Å². The maximum absolute atomic E-state index is 5.51. The Morgan fingerprint density at radius 3 is 3.14 bits per heavy atom. The summed E-state index contributed by atoms with van der Waals surface area (Å²) in [4.78, 5) is 7.72. The van der Waals surface area contributed by atoms with Crippen molar-refractivity contribution in [1.29, 1.82) is 0 Å². The summed E-state index contributed by atoms with van der Waals surface area (Å²) in [5.41, 5.74) is 10.3. The van der Waals surface area contributed by atoms with E-state index in [1.54, 1.807) is 0 Å². The van der Waals surface area contributed by atoms with E-state index in [0.717, 1.165) is 30.4 Å². The van der Waals surface area contributed by atoms with Gasteiger partial charge in [0, 0.05) is 11.9 Å². The molecule has 0 aliphatic carbocycles. The number of nitrogens with one attached hydrogen (secondary N) is 1. The quantitative estimate of drug-likeness (QED) is 0.773. The minimum atomic E-state index is 0.735. The number of aromatic amines is 1. The molecule has 2 aromatic rings. The molecular weight excluding hydrogens is 174 g/mol. The summed E-state index contributed by atoms with van der Waals surface area (Å²) in [5.74, 6) is 0. The van der Waals surface area contributed by atoms with E-state index in [1.165, 1.54) is 11.3 Å². The number of hydrogen-bond acceptors (Lipinski definition) is 2. The monoisotopic (exact) mass is 189 g/mol. The van der Waals surface area contributed by atoms with Crippen molar-refractivity contribution in [2.45, 2.75) is 19.8 Å². The summed E-state index contributed by atoms with van der Waals surface area (Å²) < 4.78 is 0. The fraction of sp³-hybridized carbons (Fsp3) is 0.364. The topological polar surface area (TPSA) is 54.7 Å². The minimum Gasteiger partial charge on any atom is -0.357 e. The maximum Gasteiger partial charge on any atom is 0.0913 e. The molecule has 2 heterocycles. The zero-order valence-corrected chi connectivity index (χ0v) is 8.38. The normalized spacial score (nSPS) is 11.0. The van der Waals surface area contributed by atoms with Crippen LogP contribution < -0.4 is 5.73 Å². The van der Waals surface area contributed by atoms with Crippen molar-refractivity contribution in [2.24, 2.45) is 5.73 Å². The Labute approximate surface area is 83.3 Å². The third-order valence-electron chi connectivity index (χ3n) is 2.50. The third kappa shape index (κ3) is 1.51. The molecule has 74 valence electrons. The molecular formula is C11H15N3. The molecule has 14 heavy (non-hydrogen) atoms. The van der Waals surface area contributed by atoms with Crippen LogP contribution in [0.2, 0.25) is 0 Å². The zero-order valence-electron chi connectivity index (χ0n) is 8.38. The van der Waals surface area contributed by atoms with Crippen LogP contribution in [0.25, 0.3) is 11.0 Å². The molecule has 0 radical (unpaired) electrons. The van der Waals surface area contributed by atoms with Crippen LogP contribution in [0.3, 0.4) is 0 Å². The van der Waals surface area contributed by atoms with Crippen LogP contribution in [0.15, 0.2) is 18.3 Å². The second kappa shape index (κ2) is 3.80. The van der Waals surface area contributed by atoms with Crippen LogP contribution >= 0.6 is 0 Å². The lowest BCUT2D eigenvalue weighted by Crippen LogP contribution is -2.00. The molecule has 0 aromatic carbocycles. The average Bonchev–Trinajstić information content (AvgIpc) is 2.51. The van der Waals surface area contributed by atoms with Crippen LogP contribution in [-0.4, -0.2) is 16.5 Å². The molecule has 3 N–H and O–H groups in total. The van der Waals surface area contributed by atoms with Gasteiger partial charge in [0.15, 0.2) is 0 Å². The molecule has 0 fully saturated rings. The lowest BCUT2D eigenvalue weighted by Gasteiger charge is -1.98. The lowest BCUT2D eigenvalue weighted by atomic mass is 10.1. The molecule has 0 atom stereocenters. The molecule has 0 bridgehead atoms. The highest BCUT2D eigenvalue weighted by Gasteiger charge is 2.07. The molecule has 3 nitrogen and oxygen atoms in total. The first kappa shape index (κ1) is 9.21. The molecule has 2 aromatic heterocycles. The lowest BCUT2D eigenvalue weighted by molar-refractivity contribution is 0.830. The van der Waals surface area contributed by atoms with E-state index in [2.05, 4.69) is 23.0 Å². The van der Waals surface area contributed by atoms with Gasteiger partial charge in [-0.2, -0.15) is 0 Å². The van der Waals surface area contributed by atoms with Crippen molar-refractivity contribution in [3.8, 4) is 0 Å². The maximum atomic E-state index is 5.51. The van der Waals surface area contributed by atoms with Gasteiger partial charge in [-0.05, 0) is 44.0 Å². The van der Waals surface area contributed by atoms with E-state index in [0.29, 0.717) is 0 Å². The fourth-order valence-corrected chi connectivity index (χ4v) is 1.79. The first-order chi connectivity index (χ1) is 6.83. The van der Waals surface area contributed by atoms with Gasteiger partial charge in [-0.3, -0.25) is 4.98 Å². The molecule has 0 spiro atoms. The van der Waals surface area contributed by atoms with E-state index in [4.69, 9.17) is 5.73 Å². The number of aryl methyl sites for hydroxylation is 2. The van der Waals surface area contributed by atoms with Crippen molar-refractivity contribution in [2.75, 3.05) is 6.54 Å². The summed E-state index contributed by atoms with van der Waals surface area (Å²) >= 11 is 0. The summed E-state index contributed by atoms with van der Waals surface area (Å²) in [6, 6.07) is 4.01. The molecule has 0 saturated carbocycles. The second-order valence-corrected chi connectivity index (χ2v) is 3.52. The predicted octanol–water partition coefficient (Wildman–Crippen LogP) is 1.76. The first-order valence-corrected chi connectivity index (χ1v) is 4.95. The average molecular weight is 189 g/mol. The molecule has 0 unspecified atom stereocenters. The summed E-state index contributed by atoms with van der Waals surface area (Å²) in [6.07, 6.45) is 3.87. The van der Waals surface area contributed by atoms with Crippen LogP contribution in [0.5, 0.6) is 0 Å². The fourth-order valence-electron chi connectivity index (χ4n) is 1.79. The van der Waals surface area contributed by atoms with E-state index < -0.39 is 0 Å². The Kier molecular flexibility index (Phi) is 2.50. The number of nitrogens with two attached hydrogens (primary N) is 1. The van der Waals surface area contributed by atoms with Crippen molar-refractivity contribution in [3.05, 3.63) is 29.6 Å². The molecule has 0 saturated heterocycles. The Bertz CT molecular complexity index is 431. The number of nitrogens with zero attached hydrogens (tertiary/aromatic N) is 1. The van der Waals surface area contributed by atoms with Gasteiger partial charge in [0.1, 0.15) is 0 Å². The van der Waals surface area contributed by atoms with Crippen LogP contribution in [0, 0.1) is 6.92 Å². The first-order valence-electron chi connectivity index (χ1n) is 4.95. The number of hydrogen-bond donors (Lipinski definition) is 2. The van der Waals surface area contributed by atoms with Gasteiger partial charge in [0.2, 0.25) is 0 Å². The van der Waals surface area contributed by atoms with Gasteiger partial charge in [-0.25, -0.2) is 0 Å². The van der Waals surface area contributed by atoms with Gasteiger partial charge < -0.3 is 10.7 Å². The van der Waals surface area contributed by atoms with Gasteiger partial charge >= 0.3 is 0 Å². The van der Waals surface area contributed by atoms with Crippen molar-refractivity contribution in [3.63, 3.8) is 0 Å². The van der Waals surface area contributed by atoms with Gasteiger partial charge in [-0.15, -0.1) is 0 Å². The standard InChI is InChI=1S/C11H15N3/c1-8-9(4-2-6-12)11-10(14-8)5-3-7-13-11/h3,5,7,14H,2,4,6,12H2,1H3. The van der Waals surface area contributed by atoms with Gasteiger partial charge in [0.25, 0.3) is 0 Å².